The lowest BCUT2D eigenvalue weighted by molar-refractivity contribution is -0.117. The van der Waals surface area contributed by atoms with Crippen LogP contribution in [-0.4, -0.2) is 17.6 Å². The molecule has 0 rings (SSSR count). The molecule has 0 aromatic rings. The van der Waals surface area contributed by atoms with Crippen LogP contribution in [0.3, 0.4) is 0 Å². The summed E-state index contributed by atoms with van der Waals surface area (Å²) >= 11 is 0. The molecule has 0 heterocycles. The molecule has 3 heteroatoms. The van der Waals surface area contributed by atoms with E-state index in [1.54, 1.807) is 13.8 Å². The highest BCUT2D eigenvalue weighted by Gasteiger charge is 2.05. The summed E-state index contributed by atoms with van der Waals surface area (Å²) in [6.45, 7) is 3.11. The predicted molar refractivity (Wildman–Crippen MR) is 47.8 cm³/mol. The molecule has 3 nitrogen and oxygen atoms in total. The summed E-state index contributed by atoms with van der Waals surface area (Å²) in [6.07, 6.45) is 2.45. The second kappa shape index (κ2) is 5.89. The van der Waals surface area contributed by atoms with Gasteiger partial charge in [-0.2, -0.15) is 0 Å². The van der Waals surface area contributed by atoms with Crippen molar-refractivity contribution in [3.8, 4) is 0 Å². The molecule has 0 aromatic heterocycles. The van der Waals surface area contributed by atoms with Crippen molar-refractivity contribution in [3.63, 3.8) is 0 Å². The zero-order chi connectivity index (χ0) is 9.56. The Balaban J connectivity index is 3.39. The molecule has 0 fully saturated rings. The zero-order valence-corrected chi connectivity index (χ0v) is 7.80. The minimum Gasteiger partial charge on any atom is -0.328 e. The summed E-state index contributed by atoms with van der Waals surface area (Å²) in [5, 5.41) is 0. The van der Waals surface area contributed by atoms with Crippen molar-refractivity contribution in [1.82, 2.24) is 0 Å². The maximum atomic E-state index is 10.6. The molecule has 0 aliphatic heterocycles. The van der Waals surface area contributed by atoms with E-state index in [4.69, 9.17) is 5.73 Å². The molecule has 12 heavy (non-hydrogen) atoms. The maximum Gasteiger partial charge on any atom is 0.129 e. The van der Waals surface area contributed by atoms with Crippen molar-refractivity contribution >= 4 is 11.6 Å². The van der Waals surface area contributed by atoms with Gasteiger partial charge in [-0.1, -0.05) is 0 Å². The van der Waals surface area contributed by atoms with Crippen LogP contribution in [-0.2, 0) is 9.59 Å². The summed E-state index contributed by atoms with van der Waals surface area (Å²) in [5.74, 6) is 0.321. The lowest BCUT2D eigenvalue weighted by Crippen LogP contribution is -2.21. The molecule has 0 aliphatic carbocycles. The van der Waals surface area contributed by atoms with Crippen molar-refractivity contribution in [2.24, 2.45) is 5.73 Å². The number of rotatable bonds is 6. The molecule has 0 saturated heterocycles. The Morgan fingerprint density at radius 3 is 1.67 bits per heavy atom. The molecular weight excluding hydrogens is 154 g/mol. The number of carbonyl (C=O) groups is 2. The van der Waals surface area contributed by atoms with E-state index in [0.717, 1.165) is 0 Å². The van der Waals surface area contributed by atoms with Gasteiger partial charge in [0.1, 0.15) is 11.6 Å². The fraction of sp³-hybridized carbons (Fsp3) is 0.778. The molecule has 0 amide bonds. The van der Waals surface area contributed by atoms with E-state index in [1.165, 1.54) is 0 Å². The van der Waals surface area contributed by atoms with Gasteiger partial charge in [-0.05, 0) is 26.7 Å². The lowest BCUT2D eigenvalue weighted by Gasteiger charge is -2.08. The van der Waals surface area contributed by atoms with Gasteiger partial charge in [0.05, 0.1) is 0 Å². The molecule has 0 aliphatic rings. The lowest BCUT2D eigenvalue weighted by atomic mass is 10.0. The molecular formula is C9H17NO2. The second-order valence-electron chi connectivity index (χ2n) is 3.24. The van der Waals surface area contributed by atoms with Gasteiger partial charge in [0, 0.05) is 18.9 Å². The third-order valence-corrected chi connectivity index (χ3v) is 1.73. The van der Waals surface area contributed by atoms with Crippen LogP contribution in [0.5, 0.6) is 0 Å². The normalized spacial score (nSPS) is 10.3. The Morgan fingerprint density at radius 1 is 1.08 bits per heavy atom. The van der Waals surface area contributed by atoms with Gasteiger partial charge in [0.2, 0.25) is 0 Å². The third kappa shape index (κ3) is 7.41. The summed E-state index contributed by atoms with van der Waals surface area (Å²) in [7, 11) is 0. The van der Waals surface area contributed by atoms with Crippen molar-refractivity contribution in [2.75, 3.05) is 0 Å². The van der Waals surface area contributed by atoms with Gasteiger partial charge in [-0.25, -0.2) is 0 Å². The molecule has 2 N–H and O–H groups in total. The Bertz CT molecular complexity index is 148. The van der Waals surface area contributed by atoms with Crippen LogP contribution in [0.2, 0.25) is 0 Å². The Morgan fingerprint density at radius 2 is 1.42 bits per heavy atom. The Hall–Kier alpha value is -0.700. The van der Waals surface area contributed by atoms with Crippen LogP contribution in [0.4, 0.5) is 0 Å². The van der Waals surface area contributed by atoms with Crippen LogP contribution in [0, 0.1) is 0 Å². The monoisotopic (exact) mass is 171 g/mol. The van der Waals surface area contributed by atoms with Crippen LogP contribution in [0.1, 0.15) is 39.5 Å². The molecule has 0 aromatic carbocycles. The fourth-order valence-electron chi connectivity index (χ4n) is 0.922. The van der Waals surface area contributed by atoms with Crippen LogP contribution >= 0.6 is 0 Å². The predicted octanol–water partition coefficient (Wildman–Crippen LogP) is 1.05. The van der Waals surface area contributed by atoms with Gasteiger partial charge in [0.25, 0.3) is 0 Å². The number of hydrogen-bond donors (Lipinski definition) is 1. The van der Waals surface area contributed by atoms with Crippen LogP contribution < -0.4 is 5.73 Å². The van der Waals surface area contributed by atoms with Crippen molar-refractivity contribution in [1.29, 1.82) is 0 Å². The van der Waals surface area contributed by atoms with Crippen molar-refractivity contribution in [3.05, 3.63) is 0 Å². The van der Waals surface area contributed by atoms with Gasteiger partial charge < -0.3 is 15.3 Å². The third-order valence-electron chi connectivity index (χ3n) is 1.73. The molecule has 0 bridgehead atoms. The van der Waals surface area contributed by atoms with Gasteiger partial charge >= 0.3 is 0 Å². The van der Waals surface area contributed by atoms with Crippen molar-refractivity contribution in [2.45, 2.75) is 45.6 Å². The largest absolute Gasteiger partial charge is 0.328 e. The van der Waals surface area contributed by atoms with E-state index in [-0.39, 0.29) is 17.6 Å². The fourth-order valence-corrected chi connectivity index (χ4v) is 0.922. The number of nitrogens with two attached hydrogens (primary N) is 1. The summed E-state index contributed by atoms with van der Waals surface area (Å²) in [6, 6.07) is -0.00204. The summed E-state index contributed by atoms with van der Waals surface area (Å²) < 4.78 is 0. The summed E-state index contributed by atoms with van der Waals surface area (Å²) in [4.78, 5) is 21.1. The molecule has 70 valence electrons. The highest BCUT2D eigenvalue weighted by atomic mass is 16.1. The first-order chi connectivity index (χ1) is 5.52. The van der Waals surface area contributed by atoms with Gasteiger partial charge in [-0.15, -0.1) is 0 Å². The van der Waals surface area contributed by atoms with E-state index < -0.39 is 0 Å². The van der Waals surface area contributed by atoms with Gasteiger partial charge in [0.15, 0.2) is 0 Å². The minimum atomic E-state index is -0.00204. The zero-order valence-electron chi connectivity index (χ0n) is 7.80. The Labute approximate surface area is 73.3 Å². The SMILES string of the molecule is CC(=O)CCC(N)CCC(C)=O. The minimum absolute atomic E-state index is 0.00204. The summed E-state index contributed by atoms with van der Waals surface area (Å²) in [5.41, 5.74) is 5.67. The molecule has 0 atom stereocenters. The second-order valence-corrected chi connectivity index (χ2v) is 3.24. The number of ketones is 2. The first-order valence-electron chi connectivity index (χ1n) is 4.27. The van der Waals surface area contributed by atoms with E-state index in [2.05, 4.69) is 0 Å². The quantitative estimate of drug-likeness (QED) is 0.649. The molecule has 0 spiro atoms. The number of hydrogen-bond acceptors (Lipinski definition) is 3. The Kier molecular flexibility index (Phi) is 5.54. The first-order valence-corrected chi connectivity index (χ1v) is 4.27. The van der Waals surface area contributed by atoms with Gasteiger partial charge in [-0.3, -0.25) is 0 Å². The molecule has 0 radical (unpaired) electrons. The molecule has 0 unspecified atom stereocenters. The highest BCUT2D eigenvalue weighted by molar-refractivity contribution is 5.76. The smallest absolute Gasteiger partial charge is 0.129 e. The van der Waals surface area contributed by atoms with E-state index in [0.29, 0.717) is 25.7 Å². The molecule has 0 saturated carbocycles. The van der Waals surface area contributed by atoms with E-state index in [1.807, 2.05) is 0 Å². The topological polar surface area (TPSA) is 60.2 Å². The maximum absolute atomic E-state index is 10.6. The number of Topliss-reactive ketones (excluding diaryl/α,β-unsaturated/α-hetero) is 2. The first kappa shape index (κ1) is 11.3. The van der Waals surface area contributed by atoms with E-state index in [9.17, 15) is 9.59 Å². The highest BCUT2D eigenvalue weighted by Crippen LogP contribution is 2.02. The van der Waals surface area contributed by atoms with Crippen molar-refractivity contribution < 1.29 is 9.59 Å². The average molecular weight is 171 g/mol. The number of carbonyl (C=O) groups excluding carboxylic acids is 2. The van der Waals surface area contributed by atoms with E-state index >= 15 is 0 Å². The average Bonchev–Trinajstić information content (AvgIpc) is 1.96. The van der Waals surface area contributed by atoms with Crippen LogP contribution in [0.25, 0.3) is 0 Å². The standard InChI is InChI=1S/C9H17NO2/c1-7(11)3-5-9(10)6-4-8(2)12/h9H,3-6,10H2,1-2H3. The van der Waals surface area contributed by atoms with Crippen LogP contribution in [0.15, 0.2) is 0 Å².